The van der Waals surface area contributed by atoms with Gasteiger partial charge >= 0.3 is 0 Å². The van der Waals surface area contributed by atoms with E-state index in [0.29, 0.717) is 0 Å². The molecule has 0 radical (unpaired) electrons. The Morgan fingerprint density at radius 2 is 1.47 bits per heavy atom. The third-order valence-corrected chi connectivity index (χ3v) is 2.56. The topological polar surface area (TPSA) is 47.3 Å². The maximum atomic E-state index is 5.65. The van der Waals surface area contributed by atoms with Gasteiger partial charge in [0.15, 0.2) is 0 Å². The number of nitrogens with two attached hydrogens (primary N) is 1. The van der Waals surface area contributed by atoms with Gasteiger partial charge in [0, 0.05) is 5.69 Å². The molecule has 2 aromatic rings. The lowest BCUT2D eigenvalue weighted by Gasteiger charge is -2.05. The highest BCUT2D eigenvalue weighted by atomic mass is 16.6. The third kappa shape index (κ3) is 3.23. The van der Waals surface area contributed by atoms with Crippen LogP contribution >= 0.6 is 0 Å². The van der Waals surface area contributed by atoms with Gasteiger partial charge in [0.25, 0.3) is 0 Å². The number of benzene rings is 2. The first-order valence-corrected chi connectivity index (χ1v) is 5.50. The summed E-state index contributed by atoms with van der Waals surface area (Å²) in [6, 6.07) is 16.1. The van der Waals surface area contributed by atoms with E-state index in [0.717, 1.165) is 17.8 Å². The minimum atomic E-state index is 0.799. The molecule has 0 aliphatic heterocycles. The van der Waals surface area contributed by atoms with E-state index in [4.69, 9.17) is 10.6 Å². The molecule has 2 rings (SSSR count). The van der Waals surface area contributed by atoms with Crippen molar-refractivity contribution in [2.45, 2.75) is 6.42 Å². The van der Waals surface area contributed by atoms with E-state index in [1.807, 2.05) is 24.3 Å². The summed E-state index contributed by atoms with van der Waals surface area (Å²) in [5, 5.41) is 0. The molecule has 0 aliphatic carbocycles. The Morgan fingerprint density at radius 1 is 0.941 bits per heavy atom. The summed E-state index contributed by atoms with van der Waals surface area (Å²) in [4.78, 5) is 4.84. The van der Waals surface area contributed by atoms with Gasteiger partial charge in [-0.2, -0.15) is 0 Å². The first-order chi connectivity index (χ1) is 8.28. The molecule has 2 aromatic carbocycles. The monoisotopic (exact) mass is 228 g/mol. The lowest BCUT2D eigenvalue weighted by Crippen LogP contribution is -1.95. The van der Waals surface area contributed by atoms with Gasteiger partial charge in [-0.1, -0.05) is 24.3 Å². The van der Waals surface area contributed by atoms with E-state index >= 15 is 0 Å². The SMILES string of the molecule is CONc1ccc(Cc2ccc(N)cc2)cc1. The summed E-state index contributed by atoms with van der Waals surface area (Å²) in [6.07, 6.45) is 0.910. The Bertz CT molecular complexity index is 463. The molecule has 0 spiro atoms. The molecule has 0 fully saturated rings. The number of rotatable bonds is 4. The molecular formula is C14H16N2O. The molecule has 0 saturated carbocycles. The molecule has 0 bridgehead atoms. The molecule has 88 valence electrons. The number of hydrogen-bond donors (Lipinski definition) is 2. The van der Waals surface area contributed by atoms with Crippen molar-refractivity contribution in [1.82, 2.24) is 0 Å². The van der Waals surface area contributed by atoms with E-state index < -0.39 is 0 Å². The second-order valence-corrected chi connectivity index (χ2v) is 3.92. The van der Waals surface area contributed by atoms with Gasteiger partial charge in [0.1, 0.15) is 0 Å². The average Bonchev–Trinajstić information content (AvgIpc) is 2.35. The van der Waals surface area contributed by atoms with Crippen LogP contribution in [0.5, 0.6) is 0 Å². The van der Waals surface area contributed by atoms with Crippen molar-refractivity contribution in [3.63, 3.8) is 0 Å². The molecular weight excluding hydrogens is 212 g/mol. The quantitative estimate of drug-likeness (QED) is 0.625. The Labute approximate surface area is 101 Å². The minimum Gasteiger partial charge on any atom is -0.399 e. The first-order valence-electron chi connectivity index (χ1n) is 5.50. The van der Waals surface area contributed by atoms with Crippen LogP contribution in [0.3, 0.4) is 0 Å². The highest BCUT2D eigenvalue weighted by Crippen LogP contribution is 2.14. The Balaban J connectivity index is 2.05. The normalized spacial score (nSPS) is 10.2. The summed E-state index contributed by atoms with van der Waals surface area (Å²) in [5.74, 6) is 0. The lowest BCUT2D eigenvalue weighted by molar-refractivity contribution is 0.271. The summed E-state index contributed by atoms with van der Waals surface area (Å²) in [7, 11) is 1.60. The van der Waals surface area contributed by atoms with Crippen molar-refractivity contribution < 1.29 is 4.84 Å². The van der Waals surface area contributed by atoms with Crippen molar-refractivity contribution >= 4 is 11.4 Å². The molecule has 3 N–H and O–H groups in total. The average molecular weight is 228 g/mol. The van der Waals surface area contributed by atoms with Crippen LogP contribution in [0.4, 0.5) is 11.4 Å². The second-order valence-electron chi connectivity index (χ2n) is 3.92. The Morgan fingerprint density at radius 3 is 2.00 bits per heavy atom. The van der Waals surface area contributed by atoms with Gasteiger partial charge in [-0.3, -0.25) is 10.3 Å². The summed E-state index contributed by atoms with van der Waals surface area (Å²) in [6.45, 7) is 0. The maximum Gasteiger partial charge on any atom is 0.0636 e. The zero-order chi connectivity index (χ0) is 12.1. The zero-order valence-corrected chi connectivity index (χ0v) is 9.81. The molecule has 0 amide bonds. The predicted molar refractivity (Wildman–Crippen MR) is 70.7 cm³/mol. The number of anilines is 2. The van der Waals surface area contributed by atoms with E-state index in [2.05, 4.69) is 29.7 Å². The van der Waals surface area contributed by atoms with E-state index in [1.165, 1.54) is 11.1 Å². The van der Waals surface area contributed by atoms with Gasteiger partial charge in [-0.25, -0.2) is 0 Å². The molecule has 0 saturated heterocycles. The highest BCUT2D eigenvalue weighted by Gasteiger charge is 1.97. The third-order valence-electron chi connectivity index (χ3n) is 2.56. The molecule has 0 aliphatic rings. The lowest BCUT2D eigenvalue weighted by atomic mass is 10.0. The van der Waals surface area contributed by atoms with Crippen LogP contribution in [-0.2, 0) is 11.3 Å². The molecule has 3 nitrogen and oxygen atoms in total. The van der Waals surface area contributed by atoms with Crippen LogP contribution in [-0.4, -0.2) is 7.11 Å². The Kier molecular flexibility index (Phi) is 3.62. The number of nitrogens with one attached hydrogen (secondary N) is 1. The van der Waals surface area contributed by atoms with Crippen molar-refractivity contribution in [3.05, 3.63) is 59.7 Å². The fraction of sp³-hybridized carbons (Fsp3) is 0.143. The van der Waals surface area contributed by atoms with Gasteiger partial charge in [-0.15, -0.1) is 0 Å². The van der Waals surface area contributed by atoms with Gasteiger partial charge in [-0.05, 0) is 41.8 Å². The smallest absolute Gasteiger partial charge is 0.0636 e. The van der Waals surface area contributed by atoms with Crippen molar-refractivity contribution in [3.8, 4) is 0 Å². The van der Waals surface area contributed by atoms with Gasteiger partial charge < -0.3 is 5.73 Å². The first kappa shape index (κ1) is 11.5. The second kappa shape index (κ2) is 5.37. The molecule has 17 heavy (non-hydrogen) atoms. The van der Waals surface area contributed by atoms with Crippen molar-refractivity contribution in [2.24, 2.45) is 0 Å². The highest BCUT2D eigenvalue weighted by molar-refractivity contribution is 5.44. The number of hydrogen-bond acceptors (Lipinski definition) is 3. The van der Waals surface area contributed by atoms with Crippen LogP contribution in [0.2, 0.25) is 0 Å². The van der Waals surface area contributed by atoms with Crippen LogP contribution in [0, 0.1) is 0 Å². The molecule has 0 heterocycles. The van der Waals surface area contributed by atoms with E-state index in [-0.39, 0.29) is 0 Å². The van der Waals surface area contributed by atoms with E-state index in [9.17, 15) is 0 Å². The number of nitrogen functional groups attached to an aromatic ring is 1. The minimum absolute atomic E-state index is 0.799. The fourth-order valence-electron chi connectivity index (χ4n) is 1.68. The van der Waals surface area contributed by atoms with Crippen LogP contribution in [0.15, 0.2) is 48.5 Å². The summed E-state index contributed by atoms with van der Waals surface area (Å²) in [5.41, 5.74) is 12.7. The predicted octanol–water partition coefficient (Wildman–Crippen LogP) is 2.83. The summed E-state index contributed by atoms with van der Waals surface area (Å²) >= 11 is 0. The summed E-state index contributed by atoms with van der Waals surface area (Å²) < 4.78 is 0. The van der Waals surface area contributed by atoms with E-state index in [1.54, 1.807) is 7.11 Å². The maximum absolute atomic E-state index is 5.65. The molecule has 3 heteroatoms. The molecule has 0 aromatic heterocycles. The fourth-order valence-corrected chi connectivity index (χ4v) is 1.68. The van der Waals surface area contributed by atoms with Crippen molar-refractivity contribution in [2.75, 3.05) is 18.3 Å². The van der Waals surface area contributed by atoms with Gasteiger partial charge in [0.2, 0.25) is 0 Å². The van der Waals surface area contributed by atoms with Gasteiger partial charge in [0.05, 0.1) is 12.8 Å². The van der Waals surface area contributed by atoms with Crippen LogP contribution in [0.25, 0.3) is 0 Å². The zero-order valence-electron chi connectivity index (χ0n) is 9.81. The molecule has 0 unspecified atom stereocenters. The molecule has 0 atom stereocenters. The largest absolute Gasteiger partial charge is 0.399 e. The Hall–Kier alpha value is -2.00. The van der Waals surface area contributed by atoms with Crippen LogP contribution in [0.1, 0.15) is 11.1 Å². The van der Waals surface area contributed by atoms with Crippen LogP contribution < -0.4 is 11.2 Å². The van der Waals surface area contributed by atoms with Crippen molar-refractivity contribution in [1.29, 1.82) is 0 Å². The standard InChI is InChI=1S/C14H16N2O/c1-17-16-14-8-4-12(5-9-14)10-11-2-6-13(15)7-3-11/h2-9,16H,10,15H2,1H3.